The van der Waals surface area contributed by atoms with Crippen LogP contribution >= 0.6 is 0 Å². The summed E-state index contributed by atoms with van der Waals surface area (Å²) in [5.41, 5.74) is 3.13. The predicted octanol–water partition coefficient (Wildman–Crippen LogP) is 2.75. The second-order valence-electron chi connectivity index (χ2n) is 5.98. The Kier molecular flexibility index (Phi) is 1.97. The fourth-order valence-electron chi connectivity index (χ4n) is 2.87. The van der Waals surface area contributed by atoms with Gasteiger partial charge in [-0.25, -0.2) is 4.98 Å². The van der Waals surface area contributed by atoms with Crippen LogP contribution in [0.5, 0.6) is 0 Å². The number of hydrogen-bond donors (Lipinski definition) is 1. The van der Waals surface area contributed by atoms with Gasteiger partial charge in [-0.2, -0.15) is 0 Å². The molecular weight excluding hydrogens is 224 g/mol. The summed E-state index contributed by atoms with van der Waals surface area (Å²) in [5, 5.41) is 9.99. The number of aryl methyl sites for hydroxylation is 1. The van der Waals surface area contributed by atoms with E-state index in [1.54, 1.807) is 0 Å². The molecule has 0 aliphatic heterocycles. The first-order chi connectivity index (χ1) is 8.65. The van der Waals surface area contributed by atoms with Crippen molar-refractivity contribution in [3.63, 3.8) is 0 Å². The fraction of sp³-hybridized carbons (Fsp3) is 0.533. The summed E-state index contributed by atoms with van der Waals surface area (Å²) < 4.78 is 2.37. The minimum Gasteiger partial charge on any atom is -0.390 e. The van der Waals surface area contributed by atoms with E-state index in [0.717, 1.165) is 30.6 Å². The molecule has 1 aromatic carbocycles. The number of hydrogen-bond acceptors (Lipinski definition) is 2. The number of benzene rings is 1. The summed E-state index contributed by atoms with van der Waals surface area (Å²) >= 11 is 0. The number of fused-ring (bicyclic) bond motifs is 1. The third-order valence-electron chi connectivity index (χ3n) is 4.20. The molecule has 3 nitrogen and oxygen atoms in total. The van der Waals surface area contributed by atoms with Gasteiger partial charge in [0.2, 0.25) is 0 Å². The van der Waals surface area contributed by atoms with E-state index in [0.29, 0.717) is 6.04 Å². The maximum Gasteiger partial charge on any atom is 0.106 e. The van der Waals surface area contributed by atoms with E-state index >= 15 is 0 Å². The molecule has 0 atom stereocenters. The van der Waals surface area contributed by atoms with Crippen molar-refractivity contribution in [2.75, 3.05) is 0 Å². The van der Waals surface area contributed by atoms with Crippen molar-refractivity contribution in [1.29, 1.82) is 0 Å². The molecule has 94 valence electrons. The van der Waals surface area contributed by atoms with Gasteiger partial charge in [0.1, 0.15) is 5.82 Å². The van der Waals surface area contributed by atoms with Gasteiger partial charge in [0.05, 0.1) is 16.6 Å². The van der Waals surface area contributed by atoms with Gasteiger partial charge in [-0.05, 0) is 50.3 Å². The zero-order valence-electron chi connectivity index (χ0n) is 10.7. The first-order valence-electron chi connectivity index (χ1n) is 6.84. The molecular formula is C15H18N2O. The van der Waals surface area contributed by atoms with Crippen LogP contribution in [0.2, 0.25) is 0 Å². The Balaban J connectivity index is 1.76. The van der Waals surface area contributed by atoms with Gasteiger partial charge in [0, 0.05) is 12.5 Å². The van der Waals surface area contributed by atoms with E-state index in [-0.39, 0.29) is 0 Å². The number of nitrogens with zero attached hydrogens (tertiary/aromatic N) is 2. The molecule has 2 aliphatic rings. The number of imidazole rings is 1. The summed E-state index contributed by atoms with van der Waals surface area (Å²) in [6.45, 7) is 2.09. The van der Waals surface area contributed by atoms with Gasteiger partial charge in [-0.15, -0.1) is 0 Å². The van der Waals surface area contributed by atoms with Gasteiger partial charge < -0.3 is 9.67 Å². The molecule has 0 radical (unpaired) electrons. The van der Waals surface area contributed by atoms with Gasteiger partial charge in [0.15, 0.2) is 0 Å². The molecule has 1 N–H and O–H groups in total. The molecule has 18 heavy (non-hydrogen) atoms. The first-order valence-corrected chi connectivity index (χ1v) is 6.84. The lowest BCUT2D eigenvalue weighted by Crippen LogP contribution is -2.10. The molecule has 1 aromatic heterocycles. The summed E-state index contributed by atoms with van der Waals surface area (Å²) in [4.78, 5) is 4.67. The van der Waals surface area contributed by atoms with Crippen LogP contribution in [0.4, 0.5) is 0 Å². The average Bonchev–Trinajstić information content (AvgIpc) is 3.22. The molecule has 2 aliphatic carbocycles. The summed E-state index contributed by atoms with van der Waals surface area (Å²) in [6, 6.07) is 7.15. The van der Waals surface area contributed by atoms with Crippen LogP contribution in [0.25, 0.3) is 11.0 Å². The van der Waals surface area contributed by atoms with Crippen molar-refractivity contribution >= 4 is 11.0 Å². The normalized spacial score (nSPS) is 21.4. The highest BCUT2D eigenvalue weighted by Crippen LogP contribution is 2.40. The van der Waals surface area contributed by atoms with Crippen LogP contribution < -0.4 is 0 Å². The SMILES string of the molecule is Cc1nc2cc(CC3(O)CC3)ccc2n1C1CC1. The Morgan fingerprint density at radius 2 is 2.17 bits per heavy atom. The van der Waals surface area contributed by atoms with Crippen LogP contribution in [0.15, 0.2) is 18.2 Å². The highest BCUT2D eigenvalue weighted by atomic mass is 16.3. The van der Waals surface area contributed by atoms with Gasteiger partial charge in [-0.1, -0.05) is 6.07 Å². The summed E-state index contributed by atoms with van der Waals surface area (Å²) in [6.07, 6.45) is 5.24. The molecule has 0 amide bonds. The topological polar surface area (TPSA) is 38.1 Å². The second-order valence-corrected chi connectivity index (χ2v) is 5.98. The Morgan fingerprint density at radius 1 is 1.39 bits per heavy atom. The third-order valence-corrected chi connectivity index (χ3v) is 4.20. The maximum absolute atomic E-state index is 9.99. The van der Waals surface area contributed by atoms with Crippen LogP contribution in [0, 0.1) is 6.92 Å². The van der Waals surface area contributed by atoms with Crippen LogP contribution in [0.3, 0.4) is 0 Å². The molecule has 2 saturated carbocycles. The fourth-order valence-corrected chi connectivity index (χ4v) is 2.87. The summed E-state index contributed by atoms with van der Waals surface area (Å²) in [7, 11) is 0. The van der Waals surface area contributed by atoms with Crippen molar-refractivity contribution in [2.24, 2.45) is 0 Å². The van der Waals surface area contributed by atoms with Crippen molar-refractivity contribution in [3.8, 4) is 0 Å². The molecule has 1 heterocycles. The highest BCUT2D eigenvalue weighted by molar-refractivity contribution is 5.77. The van der Waals surface area contributed by atoms with Gasteiger partial charge >= 0.3 is 0 Å². The Labute approximate surface area is 106 Å². The van der Waals surface area contributed by atoms with E-state index in [4.69, 9.17) is 0 Å². The quantitative estimate of drug-likeness (QED) is 0.898. The van der Waals surface area contributed by atoms with Gasteiger partial charge in [0.25, 0.3) is 0 Å². The minimum absolute atomic E-state index is 0.415. The lowest BCUT2D eigenvalue weighted by Gasteiger charge is -2.08. The molecule has 4 rings (SSSR count). The highest BCUT2D eigenvalue weighted by Gasteiger charge is 2.40. The molecule has 0 bridgehead atoms. The molecule has 2 aromatic rings. The predicted molar refractivity (Wildman–Crippen MR) is 70.6 cm³/mol. The largest absolute Gasteiger partial charge is 0.390 e. The third kappa shape index (κ3) is 1.65. The zero-order valence-corrected chi connectivity index (χ0v) is 10.7. The second kappa shape index (κ2) is 3.35. The van der Waals surface area contributed by atoms with Crippen LogP contribution in [-0.4, -0.2) is 20.3 Å². The Morgan fingerprint density at radius 3 is 2.83 bits per heavy atom. The van der Waals surface area contributed by atoms with E-state index in [1.165, 1.54) is 23.9 Å². The molecule has 3 heteroatoms. The van der Waals surface area contributed by atoms with Crippen molar-refractivity contribution in [3.05, 3.63) is 29.6 Å². The van der Waals surface area contributed by atoms with E-state index in [9.17, 15) is 5.11 Å². The zero-order chi connectivity index (χ0) is 12.3. The average molecular weight is 242 g/mol. The van der Waals surface area contributed by atoms with Crippen molar-refractivity contribution < 1.29 is 5.11 Å². The molecule has 0 spiro atoms. The lowest BCUT2D eigenvalue weighted by molar-refractivity contribution is 0.151. The molecule has 2 fully saturated rings. The number of rotatable bonds is 3. The lowest BCUT2D eigenvalue weighted by atomic mass is 10.1. The standard InChI is InChI=1S/C15H18N2O/c1-10-16-13-8-11(9-15(18)6-7-15)2-5-14(13)17(10)12-3-4-12/h2,5,8,12,18H,3-4,6-7,9H2,1H3. The van der Waals surface area contributed by atoms with E-state index in [2.05, 4.69) is 34.7 Å². The molecule has 0 saturated heterocycles. The van der Waals surface area contributed by atoms with Gasteiger partial charge in [-0.3, -0.25) is 0 Å². The van der Waals surface area contributed by atoms with Crippen molar-refractivity contribution in [2.45, 2.75) is 50.7 Å². The van der Waals surface area contributed by atoms with E-state index < -0.39 is 5.60 Å². The Bertz CT molecular complexity index is 621. The Hall–Kier alpha value is -1.35. The van der Waals surface area contributed by atoms with Crippen molar-refractivity contribution in [1.82, 2.24) is 9.55 Å². The first kappa shape index (κ1) is 10.6. The summed E-state index contributed by atoms with van der Waals surface area (Å²) in [5.74, 6) is 1.12. The smallest absolute Gasteiger partial charge is 0.106 e. The monoisotopic (exact) mass is 242 g/mol. The number of aliphatic hydroxyl groups is 1. The van der Waals surface area contributed by atoms with E-state index in [1.807, 2.05) is 0 Å². The van der Waals surface area contributed by atoms with Crippen LogP contribution in [-0.2, 0) is 6.42 Å². The molecule has 0 unspecified atom stereocenters. The van der Waals surface area contributed by atoms with Crippen LogP contribution in [0.1, 0.15) is 43.1 Å². The minimum atomic E-state index is -0.415. The maximum atomic E-state index is 9.99. The number of aromatic nitrogens is 2.